The number of tetrazole rings is 1. The minimum atomic E-state index is 0.182. The molecule has 0 atom stereocenters. The molecule has 0 spiro atoms. The molecule has 2 aromatic heterocycles. The molecule has 0 fully saturated rings. The van der Waals surface area contributed by atoms with Crippen molar-refractivity contribution in [3.8, 4) is 28.8 Å². The zero-order valence-corrected chi connectivity index (χ0v) is 11.2. The maximum Gasteiger partial charge on any atom is 0.231 e. The van der Waals surface area contributed by atoms with Crippen molar-refractivity contribution in [2.45, 2.75) is 0 Å². The van der Waals surface area contributed by atoms with Crippen LogP contribution in [0.5, 0.6) is 11.5 Å². The Labute approximate surface area is 122 Å². The van der Waals surface area contributed by atoms with E-state index in [2.05, 4.69) is 26.6 Å². The topological polar surface area (TPSA) is 101 Å². The minimum Gasteiger partial charge on any atom is -0.454 e. The molecule has 0 saturated carbocycles. The van der Waals surface area contributed by atoms with Crippen LogP contribution >= 0.6 is 12.2 Å². The Bertz CT molecular complexity index is 970. The summed E-state index contributed by atoms with van der Waals surface area (Å²) in [4.78, 5) is 4.29. The predicted octanol–water partition coefficient (Wildman–Crippen LogP) is 1.45. The van der Waals surface area contributed by atoms with Gasteiger partial charge < -0.3 is 9.47 Å². The van der Waals surface area contributed by atoms with Crippen LogP contribution in [0.1, 0.15) is 5.56 Å². The highest BCUT2D eigenvalue weighted by Gasteiger charge is 2.19. The Kier molecular flexibility index (Phi) is 2.39. The SMILES string of the molecule is N#Cc1c(-c2ccc3c(c2)OCO3)nc(=S)n2[nH]nnc12. The first-order chi connectivity index (χ1) is 10.3. The van der Waals surface area contributed by atoms with Gasteiger partial charge in [0.2, 0.25) is 11.6 Å². The number of ether oxygens (including phenoxy) is 2. The van der Waals surface area contributed by atoms with Crippen molar-refractivity contribution in [3.63, 3.8) is 0 Å². The number of H-pyrrole nitrogens is 1. The van der Waals surface area contributed by atoms with E-state index in [0.29, 0.717) is 28.4 Å². The lowest BCUT2D eigenvalue weighted by Crippen LogP contribution is -2.00. The average Bonchev–Trinajstić information content (AvgIpc) is 3.15. The Hall–Kier alpha value is -2.99. The monoisotopic (exact) mass is 298 g/mol. The number of nitrogens with zero attached hydrogens (tertiary/aromatic N) is 5. The lowest BCUT2D eigenvalue weighted by Gasteiger charge is -2.05. The van der Waals surface area contributed by atoms with Gasteiger partial charge in [-0.3, -0.25) is 0 Å². The minimum absolute atomic E-state index is 0.182. The van der Waals surface area contributed by atoms with Gasteiger partial charge in [-0.2, -0.15) is 15.0 Å². The fourth-order valence-electron chi connectivity index (χ4n) is 2.16. The molecule has 0 saturated heterocycles. The van der Waals surface area contributed by atoms with Gasteiger partial charge in [-0.05, 0) is 30.4 Å². The summed E-state index contributed by atoms with van der Waals surface area (Å²) in [6, 6.07) is 7.42. The molecule has 0 bridgehead atoms. The maximum absolute atomic E-state index is 9.41. The average molecular weight is 298 g/mol. The highest BCUT2D eigenvalue weighted by Crippen LogP contribution is 2.36. The van der Waals surface area contributed by atoms with Crippen LogP contribution in [0.3, 0.4) is 0 Å². The van der Waals surface area contributed by atoms with E-state index in [-0.39, 0.29) is 17.1 Å². The molecule has 3 aromatic rings. The van der Waals surface area contributed by atoms with Crippen LogP contribution in [0, 0.1) is 16.1 Å². The van der Waals surface area contributed by atoms with Gasteiger partial charge in [0.05, 0.1) is 5.69 Å². The molecule has 3 heterocycles. The summed E-state index contributed by atoms with van der Waals surface area (Å²) in [5, 5.41) is 19.5. The predicted molar refractivity (Wildman–Crippen MR) is 72.2 cm³/mol. The van der Waals surface area contributed by atoms with E-state index in [4.69, 9.17) is 21.7 Å². The number of nitriles is 1. The normalized spacial score (nSPS) is 12.5. The first-order valence-corrected chi connectivity index (χ1v) is 6.32. The van der Waals surface area contributed by atoms with Crippen molar-refractivity contribution in [3.05, 3.63) is 28.5 Å². The smallest absolute Gasteiger partial charge is 0.231 e. The molecule has 0 aliphatic carbocycles. The lowest BCUT2D eigenvalue weighted by molar-refractivity contribution is 0.174. The summed E-state index contributed by atoms with van der Waals surface area (Å²) in [6.07, 6.45) is 0. The Morgan fingerprint density at radius 3 is 3.05 bits per heavy atom. The molecule has 0 unspecified atom stereocenters. The largest absolute Gasteiger partial charge is 0.454 e. The summed E-state index contributed by atoms with van der Waals surface area (Å²) < 4.78 is 12.2. The van der Waals surface area contributed by atoms with E-state index < -0.39 is 0 Å². The van der Waals surface area contributed by atoms with E-state index in [1.165, 1.54) is 4.52 Å². The second-order valence-corrected chi connectivity index (χ2v) is 4.62. The van der Waals surface area contributed by atoms with Crippen LogP contribution in [0.15, 0.2) is 18.2 Å². The first-order valence-electron chi connectivity index (χ1n) is 5.92. The zero-order chi connectivity index (χ0) is 14.4. The summed E-state index contributed by atoms with van der Waals surface area (Å²) in [6.45, 7) is 0.182. The Morgan fingerprint density at radius 1 is 1.33 bits per heavy atom. The van der Waals surface area contributed by atoms with Crippen LogP contribution in [-0.4, -0.2) is 31.8 Å². The van der Waals surface area contributed by atoms with E-state index in [1.54, 1.807) is 18.2 Å². The van der Waals surface area contributed by atoms with Gasteiger partial charge in [0.25, 0.3) is 0 Å². The van der Waals surface area contributed by atoms with E-state index in [9.17, 15) is 5.26 Å². The van der Waals surface area contributed by atoms with Gasteiger partial charge in [0.15, 0.2) is 17.1 Å². The molecular formula is C12H6N6O2S. The molecule has 9 heteroatoms. The molecule has 1 aliphatic rings. The van der Waals surface area contributed by atoms with Crippen molar-refractivity contribution < 1.29 is 9.47 Å². The van der Waals surface area contributed by atoms with Gasteiger partial charge in [0, 0.05) is 5.56 Å². The quantitative estimate of drug-likeness (QED) is 0.678. The van der Waals surface area contributed by atoms with E-state index in [1.807, 2.05) is 0 Å². The van der Waals surface area contributed by atoms with Crippen LogP contribution in [0.4, 0.5) is 0 Å². The first kappa shape index (κ1) is 11.8. The number of aromatic amines is 1. The molecule has 21 heavy (non-hydrogen) atoms. The summed E-state index contributed by atoms with van der Waals surface area (Å²) in [7, 11) is 0. The van der Waals surface area contributed by atoms with Gasteiger partial charge >= 0.3 is 0 Å². The van der Waals surface area contributed by atoms with Gasteiger partial charge in [-0.1, -0.05) is 5.21 Å². The fourth-order valence-corrected chi connectivity index (χ4v) is 2.38. The number of hydrogen-bond donors (Lipinski definition) is 1. The standard InChI is InChI=1S/C12H6N6O2S/c13-4-7-10(14-12(21)18-11(7)15-16-17-18)6-1-2-8-9(3-6)20-5-19-8/h1-3H,5H2,(H,15,17). The molecule has 0 amide bonds. The number of rotatable bonds is 1. The van der Waals surface area contributed by atoms with Crippen LogP contribution in [0.25, 0.3) is 16.9 Å². The van der Waals surface area contributed by atoms with Crippen LogP contribution in [-0.2, 0) is 0 Å². The zero-order valence-electron chi connectivity index (χ0n) is 10.4. The molecule has 102 valence electrons. The molecule has 0 radical (unpaired) electrons. The summed E-state index contributed by atoms with van der Waals surface area (Å²) >= 11 is 5.18. The molecule has 4 rings (SSSR count). The second-order valence-electron chi connectivity index (χ2n) is 4.26. The highest BCUT2D eigenvalue weighted by atomic mass is 32.1. The number of benzene rings is 1. The number of fused-ring (bicyclic) bond motifs is 2. The van der Waals surface area contributed by atoms with Crippen molar-refractivity contribution in [2.24, 2.45) is 0 Å². The third kappa shape index (κ3) is 1.66. The molecule has 1 aliphatic heterocycles. The third-order valence-corrected chi connectivity index (χ3v) is 3.39. The Balaban J connectivity index is 2.02. The summed E-state index contributed by atoms with van der Waals surface area (Å²) in [5.41, 5.74) is 1.77. The third-order valence-electron chi connectivity index (χ3n) is 3.12. The molecule has 1 N–H and O–H groups in total. The van der Waals surface area contributed by atoms with Crippen LogP contribution < -0.4 is 9.47 Å². The summed E-state index contributed by atoms with van der Waals surface area (Å²) in [5.74, 6) is 1.27. The van der Waals surface area contributed by atoms with Crippen molar-refractivity contribution >= 4 is 17.9 Å². The maximum atomic E-state index is 9.41. The van der Waals surface area contributed by atoms with E-state index in [0.717, 1.165) is 0 Å². The highest BCUT2D eigenvalue weighted by molar-refractivity contribution is 7.71. The lowest BCUT2D eigenvalue weighted by atomic mass is 10.1. The Morgan fingerprint density at radius 2 is 2.19 bits per heavy atom. The van der Waals surface area contributed by atoms with Crippen LogP contribution in [0.2, 0.25) is 0 Å². The van der Waals surface area contributed by atoms with Gasteiger partial charge in [-0.25, -0.2) is 4.98 Å². The van der Waals surface area contributed by atoms with Crippen molar-refractivity contribution in [1.82, 2.24) is 25.0 Å². The number of hydrogen-bond acceptors (Lipinski definition) is 7. The fraction of sp³-hybridized carbons (Fsp3) is 0.0833. The van der Waals surface area contributed by atoms with E-state index >= 15 is 0 Å². The second kappa shape index (κ2) is 4.26. The molecule has 1 aromatic carbocycles. The number of aromatic nitrogens is 5. The van der Waals surface area contributed by atoms with Gasteiger partial charge in [-0.15, -0.1) is 5.10 Å². The number of nitrogens with one attached hydrogen (secondary N) is 1. The van der Waals surface area contributed by atoms with Gasteiger partial charge in [0.1, 0.15) is 11.6 Å². The molecule has 8 nitrogen and oxygen atoms in total. The van der Waals surface area contributed by atoms with Crippen molar-refractivity contribution in [2.75, 3.05) is 6.79 Å². The van der Waals surface area contributed by atoms with Crippen molar-refractivity contribution in [1.29, 1.82) is 5.26 Å². The molecular weight excluding hydrogens is 292 g/mol.